The van der Waals surface area contributed by atoms with Crippen molar-refractivity contribution in [2.75, 3.05) is 0 Å². The standard InChI is InChI=1S/C11H11ClN2O3/c12-9-7(2-1-5-13-9)10(15)14-8(11(16)17)6-3-4-6/h1-2,5-6,8H,3-4H2,(H,14,15)(H,16,17). The Bertz CT molecular complexity index is 460. The monoisotopic (exact) mass is 254 g/mol. The third-order valence-corrected chi connectivity index (χ3v) is 2.95. The van der Waals surface area contributed by atoms with Crippen molar-refractivity contribution in [3.8, 4) is 0 Å². The third-order valence-electron chi connectivity index (χ3n) is 2.65. The largest absolute Gasteiger partial charge is 0.480 e. The number of carbonyl (C=O) groups excluding carboxylic acids is 1. The maximum absolute atomic E-state index is 11.8. The Hall–Kier alpha value is -1.62. The first kappa shape index (κ1) is 11.9. The molecular formula is C11H11ClN2O3. The van der Waals surface area contributed by atoms with E-state index >= 15 is 0 Å². The number of hydrogen-bond acceptors (Lipinski definition) is 3. The average Bonchev–Trinajstić information content (AvgIpc) is 3.09. The lowest BCUT2D eigenvalue weighted by Gasteiger charge is -2.13. The molecule has 6 heteroatoms. The summed E-state index contributed by atoms with van der Waals surface area (Å²) >= 11 is 5.76. The predicted octanol–water partition coefficient (Wildman–Crippen LogP) is 1.33. The van der Waals surface area contributed by atoms with Gasteiger partial charge in [0.15, 0.2) is 0 Å². The third kappa shape index (κ3) is 2.74. The van der Waals surface area contributed by atoms with Crippen molar-refractivity contribution in [1.29, 1.82) is 0 Å². The lowest BCUT2D eigenvalue weighted by molar-refractivity contribution is -0.139. The normalized spacial score (nSPS) is 16.3. The number of carboxylic acids is 1. The summed E-state index contributed by atoms with van der Waals surface area (Å²) in [5.74, 6) is -1.48. The van der Waals surface area contributed by atoms with Crippen molar-refractivity contribution in [3.05, 3.63) is 29.0 Å². The van der Waals surface area contributed by atoms with E-state index in [4.69, 9.17) is 16.7 Å². The van der Waals surface area contributed by atoms with Gasteiger partial charge in [0.05, 0.1) is 5.56 Å². The minimum atomic E-state index is -1.01. The van der Waals surface area contributed by atoms with Crippen LogP contribution in [-0.2, 0) is 4.79 Å². The molecule has 17 heavy (non-hydrogen) atoms. The Labute approximate surface area is 103 Å². The summed E-state index contributed by atoms with van der Waals surface area (Å²) in [5.41, 5.74) is 0.195. The molecule has 2 N–H and O–H groups in total. The molecule has 0 spiro atoms. The predicted molar refractivity (Wildman–Crippen MR) is 60.9 cm³/mol. The Morgan fingerprint density at radius 2 is 2.24 bits per heavy atom. The van der Waals surface area contributed by atoms with Gasteiger partial charge in [-0.05, 0) is 30.9 Å². The zero-order valence-electron chi connectivity index (χ0n) is 8.89. The molecule has 1 amide bonds. The van der Waals surface area contributed by atoms with Crippen LogP contribution in [0.15, 0.2) is 18.3 Å². The number of rotatable bonds is 4. The van der Waals surface area contributed by atoms with Crippen molar-refractivity contribution in [1.82, 2.24) is 10.3 Å². The van der Waals surface area contributed by atoms with Gasteiger partial charge in [-0.25, -0.2) is 9.78 Å². The van der Waals surface area contributed by atoms with Crippen LogP contribution in [0, 0.1) is 5.92 Å². The number of aliphatic carboxylic acids is 1. The second-order valence-corrected chi connectivity index (χ2v) is 4.33. The number of amides is 1. The van der Waals surface area contributed by atoms with Crippen LogP contribution in [0.3, 0.4) is 0 Å². The van der Waals surface area contributed by atoms with Crippen LogP contribution >= 0.6 is 11.6 Å². The van der Waals surface area contributed by atoms with Crippen molar-refractivity contribution in [2.24, 2.45) is 5.92 Å². The summed E-state index contributed by atoms with van der Waals surface area (Å²) in [6, 6.07) is 2.25. The Balaban J connectivity index is 2.10. The summed E-state index contributed by atoms with van der Waals surface area (Å²) in [7, 11) is 0. The van der Waals surface area contributed by atoms with E-state index in [0.29, 0.717) is 0 Å². The fraction of sp³-hybridized carbons (Fsp3) is 0.364. The number of aromatic nitrogens is 1. The van der Waals surface area contributed by atoms with Crippen LogP contribution in [0.5, 0.6) is 0 Å². The fourth-order valence-corrected chi connectivity index (χ4v) is 1.79. The molecule has 1 fully saturated rings. The van der Waals surface area contributed by atoms with Crippen molar-refractivity contribution in [3.63, 3.8) is 0 Å². The Kier molecular flexibility index (Phi) is 3.28. The summed E-state index contributed by atoms with van der Waals surface area (Å²) < 4.78 is 0. The van der Waals surface area contributed by atoms with E-state index in [-0.39, 0.29) is 16.6 Å². The van der Waals surface area contributed by atoms with Gasteiger partial charge in [0.2, 0.25) is 0 Å². The zero-order chi connectivity index (χ0) is 12.4. The molecule has 1 heterocycles. The van der Waals surface area contributed by atoms with Crippen LogP contribution in [0.25, 0.3) is 0 Å². The first-order valence-corrected chi connectivity index (χ1v) is 5.61. The molecule has 0 saturated heterocycles. The van der Waals surface area contributed by atoms with E-state index in [1.165, 1.54) is 12.3 Å². The van der Waals surface area contributed by atoms with E-state index in [2.05, 4.69) is 10.3 Å². The number of pyridine rings is 1. The van der Waals surface area contributed by atoms with Crippen LogP contribution in [0.2, 0.25) is 5.15 Å². The van der Waals surface area contributed by atoms with Gasteiger partial charge in [0, 0.05) is 6.20 Å². The molecule has 1 aliphatic carbocycles. The number of halogens is 1. The molecule has 1 unspecified atom stereocenters. The molecule has 1 aromatic rings. The van der Waals surface area contributed by atoms with E-state index < -0.39 is 17.9 Å². The lowest BCUT2D eigenvalue weighted by Crippen LogP contribution is -2.42. The Morgan fingerprint density at radius 3 is 2.76 bits per heavy atom. The molecule has 5 nitrogen and oxygen atoms in total. The van der Waals surface area contributed by atoms with Gasteiger partial charge < -0.3 is 10.4 Å². The van der Waals surface area contributed by atoms with Crippen molar-refractivity contribution >= 4 is 23.5 Å². The number of nitrogens with zero attached hydrogens (tertiary/aromatic N) is 1. The quantitative estimate of drug-likeness (QED) is 0.795. The molecule has 0 aliphatic heterocycles. The number of nitrogens with one attached hydrogen (secondary N) is 1. The van der Waals surface area contributed by atoms with Crippen LogP contribution < -0.4 is 5.32 Å². The molecule has 0 bridgehead atoms. The van der Waals surface area contributed by atoms with Gasteiger partial charge in [0.1, 0.15) is 11.2 Å². The minimum Gasteiger partial charge on any atom is -0.480 e. The second kappa shape index (κ2) is 4.71. The first-order valence-electron chi connectivity index (χ1n) is 5.24. The average molecular weight is 255 g/mol. The molecule has 90 valence electrons. The highest BCUT2D eigenvalue weighted by atomic mass is 35.5. The van der Waals surface area contributed by atoms with Crippen LogP contribution in [0.4, 0.5) is 0 Å². The molecule has 1 aromatic heterocycles. The molecule has 1 aliphatic rings. The summed E-state index contributed by atoms with van der Waals surface area (Å²) in [6.45, 7) is 0. The second-order valence-electron chi connectivity index (χ2n) is 3.97. The lowest BCUT2D eigenvalue weighted by atomic mass is 10.1. The van der Waals surface area contributed by atoms with Crippen LogP contribution in [0.1, 0.15) is 23.2 Å². The SMILES string of the molecule is O=C(NC(C(=O)O)C1CC1)c1cccnc1Cl. The summed E-state index contributed by atoms with van der Waals surface area (Å²) in [6.07, 6.45) is 3.13. The maximum atomic E-state index is 11.8. The summed E-state index contributed by atoms with van der Waals surface area (Å²) in [4.78, 5) is 26.6. The van der Waals surface area contributed by atoms with Gasteiger partial charge in [-0.15, -0.1) is 0 Å². The van der Waals surface area contributed by atoms with Crippen LogP contribution in [-0.4, -0.2) is 28.0 Å². The van der Waals surface area contributed by atoms with Gasteiger partial charge in [-0.1, -0.05) is 11.6 Å². The van der Waals surface area contributed by atoms with Gasteiger partial charge in [-0.3, -0.25) is 4.79 Å². The minimum absolute atomic E-state index is 0.0342. The summed E-state index contributed by atoms with van der Waals surface area (Å²) in [5, 5.41) is 11.5. The zero-order valence-corrected chi connectivity index (χ0v) is 9.65. The number of carboxylic acid groups (broad SMARTS) is 1. The molecule has 2 rings (SSSR count). The van der Waals surface area contributed by atoms with E-state index in [9.17, 15) is 9.59 Å². The molecule has 0 radical (unpaired) electrons. The first-order chi connectivity index (χ1) is 8.09. The number of hydrogen-bond donors (Lipinski definition) is 2. The van der Waals surface area contributed by atoms with Crippen molar-refractivity contribution in [2.45, 2.75) is 18.9 Å². The topological polar surface area (TPSA) is 79.3 Å². The number of carbonyl (C=O) groups is 2. The van der Waals surface area contributed by atoms with E-state index in [1.54, 1.807) is 6.07 Å². The molecule has 1 saturated carbocycles. The van der Waals surface area contributed by atoms with Gasteiger partial charge in [0.25, 0.3) is 5.91 Å². The van der Waals surface area contributed by atoms with E-state index in [1.807, 2.05) is 0 Å². The van der Waals surface area contributed by atoms with Gasteiger partial charge >= 0.3 is 5.97 Å². The molecule has 0 aromatic carbocycles. The molecular weight excluding hydrogens is 244 g/mol. The smallest absolute Gasteiger partial charge is 0.326 e. The highest BCUT2D eigenvalue weighted by Gasteiger charge is 2.37. The van der Waals surface area contributed by atoms with Gasteiger partial charge in [-0.2, -0.15) is 0 Å². The maximum Gasteiger partial charge on any atom is 0.326 e. The van der Waals surface area contributed by atoms with E-state index in [0.717, 1.165) is 12.8 Å². The highest BCUT2D eigenvalue weighted by Crippen LogP contribution is 2.33. The van der Waals surface area contributed by atoms with Crippen molar-refractivity contribution < 1.29 is 14.7 Å². The highest BCUT2D eigenvalue weighted by molar-refractivity contribution is 6.32. The molecule has 1 atom stereocenters. The fourth-order valence-electron chi connectivity index (χ4n) is 1.59. The Morgan fingerprint density at radius 1 is 1.53 bits per heavy atom.